The molecule has 0 bridgehead atoms. The van der Waals surface area contributed by atoms with E-state index in [-0.39, 0.29) is 0 Å². The molecule has 50 heavy (non-hydrogen) atoms. The molecular weight excluding hydrogens is 615 g/mol. The number of furan rings is 2. The van der Waals surface area contributed by atoms with E-state index in [0.29, 0.717) is 0 Å². The molecular formula is C45H55N3O2. The van der Waals surface area contributed by atoms with Crippen LogP contribution in [-0.4, -0.2) is 36.0 Å². The first-order valence-corrected chi connectivity index (χ1v) is 18.1. The van der Waals surface area contributed by atoms with Gasteiger partial charge in [0, 0.05) is 12.2 Å². The molecule has 6 aromatic rings. The first-order chi connectivity index (χ1) is 24.6. The summed E-state index contributed by atoms with van der Waals surface area (Å²) in [5, 5.41) is 8.71. The summed E-state index contributed by atoms with van der Waals surface area (Å²) in [7, 11) is 0. The summed E-state index contributed by atoms with van der Waals surface area (Å²) in [6.45, 7) is 15.8. The minimum Gasteiger partial charge on any atom is -0.468 e. The third kappa shape index (κ3) is 12.6. The number of allylic oxidation sites excluding steroid dienone is 4. The number of fused-ring (bicyclic) bond motifs is 2. The second-order valence-corrected chi connectivity index (χ2v) is 12.0. The van der Waals surface area contributed by atoms with Crippen LogP contribution in [0.1, 0.15) is 57.6 Å². The van der Waals surface area contributed by atoms with Crippen molar-refractivity contribution in [1.29, 1.82) is 0 Å². The molecule has 0 aliphatic heterocycles. The maximum absolute atomic E-state index is 5.23. The van der Waals surface area contributed by atoms with Crippen LogP contribution in [0, 0.1) is 0 Å². The third-order valence-corrected chi connectivity index (χ3v) is 8.72. The van der Waals surface area contributed by atoms with Crippen LogP contribution in [0.25, 0.3) is 21.5 Å². The van der Waals surface area contributed by atoms with Crippen molar-refractivity contribution in [2.75, 3.05) is 31.5 Å². The molecule has 2 heterocycles. The Morgan fingerprint density at radius 1 is 0.540 bits per heavy atom. The van der Waals surface area contributed by atoms with Gasteiger partial charge < -0.3 is 14.2 Å². The van der Waals surface area contributed by atoms with Crippen molar-refractivity contribution in [2.45, 2.75) is 60.2 Å². The fraction of sp³-hybridized carbons (Fsp3) is 0.289. The quantitative estimate of drug-likeness (QED) is 0.139. The lowest BCUT2D eigenvalue weighted by molar-refractivity contribution is 0.269. The van der Waals surface area contributed by atoms with Crippen LogP contribution < -0.4 is 5.32 Å². The van der Waals surface area contributed by atoms with Crippen LogP contribution in [0.2, 0.25) is 0 Å². The molecule has 0 atom stereocenters. The molecule has 262 valence electrons. The van der Waals surface area contributed by atoms with Gasteiger partial charge in [-0.2, -0.15) is 0 Å². The summed E-state index contributed by atoms with van der Waals surface area (Å²) >= 11 is 0. The summed E-state index contributed by atoms with van der Waals surface area (Å²) in [6.07, 6.45) is 14.4. The highest BCUT2D eigenvalue weighted by atomic mass is 16.3. The minimum absolute atomic E-state index is 0.733. The predicted octanol–water partition coefficient (Wildman–Crippen LogP) is 11.7. The van der Waals surface area contributed by atoms with E-state index < -0.39 is 0 Å². The van der Waals surface area contributed by atoms with Crippen LogP contribution in [0.3, 0.4) is 0 Å². The van der Waals surface area contributed by atoms with E-state index in [1.165, 1.54) is 39.9 Å². The summed E-state index contributed by atoms with van der Waals surface area (Å²) in [4.78, 5) is 4.80. The highest BCUT2D eigenvalue weighted by molar-refractivity contribution is 6.02. The van der Waals surface area contributed by atoms with Gasteiger partial charge in [0.25, 0.3) is 0 Å². The zero-order chi connectivity index (χ0) is 35.2. The summed E-state index contributed by atoms with van der Waals surface area (Å²) in [5.41, 5.74) is 2.57. The summed E-state index contributed by atoms with van der Waals surface area (Å²) in [5.74, 6) is 2.00. The van der Waals surface area contributed by atoms with E-state index >= 15 is 0 Å². The molecule has 0 radical (unpaired) electrons. The Kier molecular flexibility index (Phi) is 16.7. The number of benzene rings is 4. The Morgan fingerprint density at radius 2 is 1.04 bits per heavy atom. The lowest BCUT2D eigenvalue weighted by Gasteiger charge is -2.21. The third-order valence-electron chi connectivity index (χ3n) is 8.72. The van der Waals surface area contributed by atoms with E-state index in [0.717, 1.165) is 63.0 Å². The van der Waals surface area contributed by atoms with Crippen molar-refractivity contribution in [3.63, 3.8) is 0 Å². The molecule has 0 amide bonds. The highest BCUT2D eigenvalue weighted by Crippen LogP contribution is 2.29. The predicted molar refractivity (Wildman–Crippen MR) is 213 cm³/mol. The molecule has 0 saturated carbocycles. The Hall–Kier alpha value is -4.84. The van der Waals surface area contributed by atoms with Gasteiger partial charge in [-0.25, -0.2) is 0 Å². The topological polar surface area (TPSA) is 44.8 Å². The Balaban J connectivity index is 0.000000162. The smallest absolute Gasteiger partial charge is 0.122 e. The van der Waals surface area contributed by atoms with Gasteiger partial charge in [-0.05, 0) is 109 Å². The van der Waals surface area contributed by atoms with E-state index in [9.17, 15) is 0 Å². The van der Waals surface area contributed by atoms with Crippen molar-refractivity contribution >= 4 is 27.2 Å². The lowest BCUT2D eigenvalue weighted by Crippen LogP contribution is -2.22. The van der Waals surface area contributed by atoms with E-state index in [2.05, 4.69) is 122 Å². The lowest BCUT2D eigenvalue weighted by atomic mass is 9.96. The van der Waals surface area contributed by atoms with Crippen LogP contribution in [0.4, 0.5) is 5.69 Å². The Morgan fingerprint density at radius 3 is 1.52 bits per heavy atom. The molecule has 1 aliphatic rings. The van der Waals surface area contributed by atoms with Crippen LogP contribution in [-0.2, 0) is 19.6 Å². The summed E-state index contributed by atoms with van der Waals surface area (Å²) in [6, 6.07) is 37.6. The van der Waals surface area contributed by atoms with Crippen molar-refractivity contribution in [1.82, 2.24) is 9.80 Å². The number of hydrogen-bond acceptors (Lipinski definition) is 5. The van der Waals surface area contributed by atoms with Gasteiger partial charge in [-0.3, -0.25) is 9.80 Å². The molecule has 0 spiro atoms. The normalized spacial score (nSPS) is 11.8. The van der Waals surface area contributed by atoms with Gasteiger partial charge in [0.15, 0.2) is 0 Å². The average Bonchev–Trinajstić information content (AvgIpc) is 3.92. The number of nitrogens with zero attached hydrogens (tertiary/aromatic N) is 2. The molecule has 0 unspecified atom stereocenters. The van der Waals surface area contributed by atoms with Crippen LogP contribution in [0.5, 0.6) is 0 Å². The summed E-state index contributed by atoms with van der Waals surface area (Å²) < 4.78 is 10.4. The molecule has 0 fully saturated rings. The molecule has 2 aromatic heterocycles. The van der Waals surface area contributed by atoms with Crippen molar-refractivity contribution in [3.05, 3.63) is 163 Å². The largest absolute Gasteiger partial charge is 0.468 e. The maximum Gasteiger partial charge on any atom is 0.122 e. The van der Waals surface area contributed by atoms with Crippen molar-refractivity contribution < 1.29 is 8.83 Å². The molecule has 0 saturated heterocycles. The Labute approximate surface area is 299 Å². The first-order valence-electron chi connectivity index (χ1n) is 18.1. The fourth-order valence-corrected chi connectivity index (χ4v) is 5.72. The van der Waals surface area contributed by atoms with Gasteiger partial charge in [0.05, 0.1) is 25.6 Å². The van der Waals surface area contributed by atoms with Gasteiger partial charge in [-0.15, -0.1) is 0 Å². The fourth-order valence-electron chi connectivity index (χ4n) is 5.72. The van der Waals surface area contributed by atoms with Crippen molar-refractivity contribution in [3.8, 4) is 0 Å². The van der Waals surface area contributed by atoms with Gasteiger partial charge in [-0.1, -0.05) is 119 Å². The zero-order valence-electron chi connectivity index (χ0n) is 30.4. The molecule has 7 rings (SSSR count). The average molecular weight is 670 g/mol. The molecule has 1 N–H and O–H groups in total. The first kappa shape index (κ1) is 38.0. The zero-order valence-corrected chi connectivity index (χ0v) is 30.4. The second kappa shape index (κ2) is 22.0. The van der Waals surface area contributed by atoms with E-state index in [4.69, 9.17) is 8.83 Å². The monoisotopic (exact) mass is 669 g/mol. The number of nitrogens with one attached hydrogen (secondary N) is 1. The minimum atomic E-state index is 0.733. The Bertz CT molecular complexity index is 1730. The van der Waals surface area contributed by atoms with Gasteiger partial charge in [0.1, 0.15) is 11.5 Å². The molecule has 4 aromatic carbocycles. The van der Waals surface area contributed by atoms with Crippen LogP contribution in [0.15, 0.2) is 155 Å². The second-order valence-electron chi connectivity index (χ2n) is 12.0. The number of anilines is 1. The van der Waals surface area contributed by atoms with Crippen LogP contribution >= 0.6 is 0 Å². The van der Waals surface area contributed by atoms with E-state index in [1.807, 2.05) is 54.6 Å². The maximum atomic E-state index is 5.23. The molecule has 5 heteroatoms. The SMILES string of the molecule is C1=CCCC=C1.CCN(CC)Cc1c2ccccc2cc2ccccc12.CCN(CC)Cc1ccco1.c1ccc(NCc2ccco2)cc1. The van der Waals surface area contributed by atoms with Gasteiger partial charge >= 0.3 is 0 Å². The number of rotatable bonds is 11. The van der Waals surface area contributed by atoms with Gasteiger partial charge in [0.2, 0.25) is 0 Å². The standard InChI is InChI=1S/C19H21N.C11H11NO.C9H15NO.C6H8/c1-3-20(4-2)14-19-17-11-7-5-9-15(17)13-16-10-6-8-12-18(16)19;1-2-5-10(6-3-1)12-9-11-7-4-8-13-11;1-3-10(4-2)8-9-6-5-7-11-9;1-2-4-6-5-3-1/h5-13H,3-4,14H2,1-2H3;1-8,12H,9H2;5-7H,3-4,8H2,1-2H3;1-4H,5-6H2. The van der Waals surface area contributed by atoms with Crippen molar-refractivity contribution in [2.24, 2.45) is 0 Å². The van der Waals surface area contributed by atoms with E-state index in [1.54, 1.807) is 12.5 Å². The number of para-hydroxylation sites is 1. The molecule has 1 aliphatic carbocycles. The number of hydrogen-bond donors (Lipinski definition) is 1. The molecule has 5 nitrogen and oxygen atoms in total. The highest BCUT2D eigenvalue weighted by Gasteiger charge is 2.10.